The van der Waals surface area contributed by atoms with Crippen molar-refractivity contribution in [1.29, 1.82) is 0 Å². The number of carboxylic acids is 1. The molecule has 2 aromatic carbocycles. The molecule has 5 nitrogen and oxygen atoms in total. The molecular weight excluding hydrogens is 406 g/mol. The number of halogens is 4. The second kappa shape index (κ2) is 7.00. The van der Waals surface area contributed by atoms with Gasteiger partial charge in [0.2, 0.25) is 5.91 Å². The van der Waals surface area contributed by atoms with Gasteiger partial charge in [-0.05, 0) is 61.6 Å². The van der Waals surface area contributed by atoms with E-state index in [1.165, 1.54) is 12.1 Å². The Morgan fingerprint density at radius 1 is 1.17 bits per heavy atom. The van der Waals surface area contributed by atoms with Crippen molar-refractivity contribution in [2.45, 2.75) is 43.4 Å². The van der Waals surface area contributed by atoms with Crippen molar-refractivity contribution in [3.05, 3.63) is 58.9 Å². The van der Waals surface area contributed by atoms with Crippen LogP contribution >= 0.6 is 0 Å². The summed E-state index contributed by atoms with van der Waals surface area (Å²) in [5.41, 5.74) is -1.11. The van der Waals surface area contributed by atoms with E-state index >= 15 is 0 Å². The average Bonchev–Trinajstić information content (AvgIpc) is 2.95. The Kier molecular flexibility index (Phi) is 4.71. The number of rotatable bonds is 3. The van der Waals surface area contributed by atoms with E-state index in [2.05, 4.69) is 5.32 Å². The topological polar surface area (TPSA) is 75.6 Å². The summed E-state index contributed by atoms with van der Waals surface area (Å²) < 4.78 is 58.4. The Bertz CT molecular complexity index is 1030. The van der Waals surface area contributed by atoms with E-state index in [0.717, 1.165) is 12.1 Å². The van der Waals surface area contributed by atoms with E-state index in [4.69, 9.17) is 4.74 Å². The Labute approximate surface area is 168 Å². The van der Waals surface area contributed by atoms with Crippen LogP contribution < -0.4 is 10.1 Å². The number of hydrogen-bond acceptors (Lipinski definition) is 3. The van der Waals surface area contributed by atoms with Gasteiger partial charge in [-0.3, -0.25) is 4.79 Å². The summed E-state index contributed by atoms with van der Waals surface area (Å²) in [6.07, 6.45) is -4.17. The molecule has 1 amide bonds. The summed E-state index contributed by atoms with van der Waals surface area (Å²) in [5, 5.41) is 12.0. The molecule has 2 aliphatic rings. The van der Waals surface area contributed by atoms with Gasteiger partial charge in [-0.1, -0.05) is 6.07 Å². The standard InChI is InChI=1S/C21H17F4NO4/c22-17-13(21(23,24)25)2-1-3-16(17)30-12-6-8-20(9-7-12)14-10-11(18(27)28)4-5-15(14)26-19(20)29/h1-5,10,12H,6-9H2,(H,26,29)(H,27,28). The van der Waals surface area contributed by atoms with Gasteiger partial charge in [0, 0.05) is 5.69 Å². The molecule has 1 spiro atoms. The fourth-order valence-corrected chi connectivity index (χ4v) is 4.25. The van der Waals surface area contributed by atoms with Crippen LogP contribution in [0.15, 0.2) is 36.4 Å². The van der Waals surface area contributed by atoms with Crippen LogP contribution in [0.5, 0.6) is 5.75 Å². The Balaban J connectivity index is 1.54. The smallest absolute Gasteiger partial charge is 0.419 e. The number of carboxylic acid groups (broad SMARTS) is 1. The Morgan fingerprint density at radius 3 is 2.50 bits per heavy atom. The lowest BCUT2D eigenvalue weighted by Crippen LogP contribution is -2.41. The zero-order valence-electron chi connectivity index (χ0n) is 15.6. The van der Waals surface area contributed by atoms with Crippen molar-refractivity contribution in [3.63, 3.8) is 0 Å². The normalized spacial score (nSPS) is 23.2. The van der Waals surface area contributed by atoms with Crippen LogP contribution in [0.2, 0.25) is 0 Å². The monoisotopic (exact) mass is 423 g/mol. The summed E-state index contributed by atoms with van der Waals surface area (Å²) >= 11 is 0. The van der Waals surface area contributed by atoms with Crippen LogP contribution in [0.3, 0.4) is 0 Å². The van der Waals surface area contributed by atoms with Crippen molar-refractivity contribution in [1.82, 2.24) is 0 Å². The summed E-state index contributed by atoms with van der Waals surface area (Å²) in [6.45, 7) is 0. The SMILES string of the molecule is O=C(O)c1ccc2c(c1)C1(CCC(Oc3cccc(C(F)(F)F)c3F)CC1)C(=O)N2. The van der Waals surface area contributed by atoms with Crippen molar-refractivity contribution < 1.29 is 37.0 Å². The number of fused-ring (bicyclic) bond motifs is 2. The number of carbonyl (C=O) groups excluding carboxylic acids is 1. The molecule has 158 valence electrons. The summed E-state index contributed by atoms with van der Waals surface area (Å²) in [4.78, 5) is 24.0. The number of nitrogens with one attached hydrogen (secondary N) is 1. The molecule has 1 heterocycles. The first-order valence-electron chi connectivity index (χ1n) is 9.33. The minimum absolute atomic E-state index is 0.0639. The highest BCUT2D eigenvalue weighted by Crippen LogP contribution is 2.48. The number of amides is 1. The highest BCUT2D eigenvalue weighted by molar-refractivity contribution is 6.07. The lowest BCUT2D eigenvalue weighted by molar-refractivity contribution is -0.140. The predicted molar refractivity (Wildman–Crippen MR) is 98.0 cm³/mol. The van der Waals surface area contributed by atoms with Crippen molar-refractivity contribution in [2.75, 3.05) is 5.32 Å². The van der Waals surface area contributed by atoms with Gasteiger partial charge in [0.05, 0.1) is 22.6 Å². The molecule has 4 rings (SSSR count). The van der Waals surface area contributed by atoms with E-state index in [0.29, 0.717) is 43.0 Å². The molecule has 1 aliphatic carbocycles. The number of benzene rings is 2. The van der Waals surface area contributed by atoms with Gasteiger partial charge in [0.15, 0.2) is 11.6 Å². The summed E-state index contributed by atoms with van der Waals surface area (Å²) in [7, 11) is 0. The highest BCUT2D eigenvalue weighted by atomic mass is 19.4. The first-order valence-corrected chi connectivity index (χ1v) is 9.33. The zero-order chi connectivity index (χ0) is 21.7. The number of carbonyl (C=O) groups is 2. The third-order valence-electron chi connectivity index (χ3n) is 5.81. The molecule has 9 heteroatoms. The van der Waals surface area contributed by atoms with Gasteiger partial charge < -0.3 is 15.2 Å². The van der Waals surface area contributed by atoms with E-state index in [9.17, 15) is 32.3 Å². The van der Waals surface area contributed by atoms with Crippen LogP contribution in [0.4, 0.5) is 23.2 Å². The molecule has 2 N–H and O–H groups in total. The van der Waals surface area contributed by atoms with E-state index in [1.807, 2.05) is 0 Å². The van der Waals surface area contributed by atoms with Gasteiger partial charge in [-0.2, -0.15) is 13.2 Å². The quantitative estimate of drug-likeness (QED) is 0.699. The molecule has 0 unspecified atom stereocenters. The minimum Gasteiger partial charge on any atom is -0.487 e. The molecule has 0 radical (unpaired) electrons. The van der Waals surface area contributed by atoms with Crippen LogP contribution in [0.1, 0.15) is 47.2 Å². The number of anilines is 1. The van der Waals surface area contributed by atoms with Gasteiger partial charge in [0.25, 0.3) is 0 Å². The predicted octanol–water partition coefficient (Wildman–Crippen LogP) is 4.75. The minimum atomic E-state index is -4.83. The van der Waals surface area contributed by atoms with Crippen molar-refractivity contribution in [2.24, 2.45) is 0 Å². The summed E-state index contributed by atoms with van der Waals surface area (Å²) in [6, 6.07) is 7.31. The Morgan fingerprint density at radius 2 is 1.87 bits per heavy atom. The van der Waals surface area contributed by atoms with Crippen LogP contribution in [0, 0.1) is 5.82 Å². The number of hydrogen-bond donors (Lipinski definition) is 2. The second-order valence-electron chi connectivity index (χ2n) is 7.53. The third kappa shape index (κ3) is 3.28. The van der Waals surface area contributed by atoms with E-state index < -0.39 is 40.8 Å². The van der Waals surface area contributed by atoms with Gasteiger partial charge in [-0.25, -0.2) is 9.18 Å². The van der Waals surface area contributed by atoms with Gasteiger partial charge >= 0.3 is 12.1 Å². The third-order valence-corrected chi connectivity index (χ3v) is 5.81. The number of aromatic carboxylic acids is 1. The first kappa shape index (κ1) is 20.2. The molecule has 0 atom stereocenters. The lowest BCUT2D eigenvalue weighted by atomic mass is 9.69. The largest absolute Gasteiger partial charge is 0.487 e. The first-order chi connectivity index (χ1) is 14.1. The highest BCUT2D eigenvalue weighted by Gasteiger charge is 2.49. The molecule has 2 aromatic rings. The maximum atomic E-state index is 14.2. The molecule has 1 fully saturated rings. The van der Waals surface area contributed by atoms with Crippen LogP contribution in [-0.2, 0) is 16.4 Å². The maximum Gasteiger partial charge on any atom is 0.419 e. The van der Waals surface area contributed by atoms with Crippen molar-refractivity contribution >= 4 is 17.6 Å². The number of ether oxygens (including phenoxy) is 1. The van der Waals surface area contributed by atoms with Crippen LogP contribution in [0.25, 0.3) is 0 Å². The zero-order valence-corrected chi connectivity index (χ0v) is 15.6. The van der Waals surface area contributed by atoms with Crippen LogP contribution in [-0.4, -0.2) is 23.1 Å². The molecular formula is C21H17F4NO4. The summed E-state index contributed by atoms with van der Waals surface area (Å²) in [5.74, 6) is -3.29. The lowest BCUT2D eigenvalue weighted by Gasteiger charge is -2.36. The molecule has 0 saturated heterocycles. The van der Waals surface area contributed by atoms with Gasteiger partial charge in [-0.15, -0.1) is 0 Å². The maximum absolute atomic E-state index is 14.2. The van der Waals surface area contributed by atoms with E-state index in [1.54, 1.807) is 6.07 Å². The fraction of sp³-hybridized carbons (Fsp3) is 0.333. The molecule has 1 aliphatic heterocycles. The van der Waals surface area contributed by atoms with Crippen molar-refractivity contribution in [3.8, 4) is 5.75 Å². The number of alkyl halides is 3. The molecule has 30 heavy (non-hydrogen) atoms. The average molecular weight is 423 g/mol. The molecule has 0 aromatic heterocycles. The fourth-order valence-electron chi connectivity index (χ4n) is 4.25. The molecule has 0 bridgehead atoms. The van der Waals surface area contributed by atoms with Gasteiger partial charge in [0.1, 0.15) is 0 Å². The Hall–Kier alpha value is -3.10. The second-order valence-corrected chi connectivity index (χ2v) is 7.53. The molecule has 1 saturated carbocycles. The van der Waals surface area contributed by atoms with E-state index in [-0.39, 0.29) is 11.5 Å².